The average Bonchev–Trinajstić information content (AvgIpc) is 3.38. The van der Waals surface area contributed by atoms with E-state index in [1.807, 2.05) is 0 Å². The second kappa shape index (κ2) is 10.6. The normalized spacial score (nSPS) is 25.8. The number of rotatable bonds is 6. The maximum absolute atomic E-state index is 2.68. The van der Waals surface area contributed by atoms with Crippen LogP contribution in [0.4, 0.5) is 0 Å². The first-order valence-corrected chi connectivity index (χ1v) is 17.9. The number of benzene rings is 2. The third-order valence-corrected chi connectivity index (χ3v) is 13.7. The molecule has 0 bridgehead atoms. The Kier molecular flexibility index (Phi) is 7.04. The molecule has 0 amide bonds. The van der Waals surface area contributed by atoms with Crippen molar-refractivity contribution in [3.05, 3.63) is 166 Å². The first-order valence-electron chi connectivity index (χ1n) is 14.7. The van der Waals surface area contributed by atoms with E-state index >= 15 is 0 Å². The molecule has 0 aliphatic heterocycles. The summed E-state index contributed by atoms with van der Waals surface area (Å²) in [7, 11) is -1.94. The first kappa shape index (κ1) is 25.8. The minimum Gasteiger partial charge on any atom is -0.0726 e. The van der Waals surface area contributed by atoms with Gasteiger partial charge < -0.3 is 0 Å². The second-order valence-electron chi connectivity index (χ2n) is 11.9. The van der Waals surface area contributed by atoms with Crippen LogP contribution in [0, 0.1) is 0 Å². The van der Waals surface area contributed by atoms with E-state index in [1.165, 1.54) is 22.3 Å². The number of hydrogen-bond donors (Lipinski definition) is 0. The van der Waals surface area contributed by atoms with Crippen LogP contribution in [0.2, 0.25) is 24.2 Å². The monoisotopic (exact) mass is 524 g/mol. The zero-order valence-corrected chi connectivity index (χ0v) is 24.8. The molecule has 0 fully saturated rings. The molecule has 4 atom stereocenters. The Bertz CT molecular complexity index is 1370. The van der Waals surface area contributed by atoms with Gasteiger partial charge in [-0.2, -0.15) is 0 Å². The zero-order valence-electron chi connectivity index (χ0n) is 23.8. The van der Waals surface area contributed by atoms with E-state index < -0.39 is 8.07 Å². The van der Waals surface area contributed by atoms with Crippen LogP contribution >= 0.6 is 0 Å². The SMILES string of the molecule is CCC1=CC2=C(C=CC=CC2c2ccccc2)C1[Si](C)(C)C1C(CC)=CC2=C1C=CC=CC2c1ccccc1. The third-order valence-electron chi connectivity index (χ3n) is 9.38. The van der Waals surface area contributed by atoms with Crippen LogP contribution in [-0.2, 0) is 0 Å². The van der Waals surface area contributed by atoms with Gasteiger partial charge in [-0.05, 0) is 46.3 Å². The van der Waals surface area contributed by atoms with Gasteiger partial charge in [-0.3, -0.25) is 0 Å². The van der Waals surface area contributed by atoms with Crippen molar-refractivity contribution in [2.75, 3.05) is 0 Å². The topological polar surface area (TPSA) is 0 Å². The molecular weight excluding hydrogens is 485 g/mol. The van der Waals surface area contributed by atoms with E-state index in [9.17, 15) is 0 Å². The molecule has 4 aliphatic rings. The zero-order chi connectivity index (χ0) is 27.0. The molecule has 0 aromatic heterocycles. The van der Waals surface area contributed by atoms with Crippen molar-refractivity contribution in [1.82, 2.24) is 0 Å². The Morgan fingerprint density at radius 3 is 1.33 bits per heavy atom. The van der Waals surface area contributed by atoms with Gasteiger partial charge in [0.2, 0.25) is 0 Å². The molecule has 0 spiro atoms. The van der Waals surface area contributed by atoms with E-state index in [4.69, 9.17) is 0 Å². The van der Waals surface area contributed by atoms with Crippen molar-refractivity contribution >= 4 is 8.07 Å². The molecule has 4 aliphatic carbocycles. The van der Waals surface area contributed by atoms with Crippen molar-refractivity contribution < 1.29 is 0 Å². The molecular formula is C38H40Si. The Balaban J connectivity index is 1.47. The lowest BCUT2D eigenvalue weighted by atomic mass is 9.89. The van der Waals surface area contributed by atoms with Crippen LogP contribution < -0.4 is 0 Å². The van der Waals surface area contributed by atoms with Gasteiger partial charge in [-0.15, -0.1) is 0 Å². The fourth-order valence-corrected chi connectivity index (χ4v) is 12.7. The van der Waals surface area contributed by atoms with Crippen LogP contribution in [0.3, 0.4) is 0 Å². The molecule has 0 N–H and O–H groups in total. The van der Waals surface area contributed by atoms with Gasteiger partial charge in [-0.1, -0.05) is 160 Å². The third kappa shape index (κ3) is 4.47. The molecule has 2 aromatic rings. The smallest absolute Gasteiger partial charge is 0.0722 e. The van der Waals surface area contributed by atoms with Crippen molar-refractivity contribution in [3.8, 4) is 0 Å². The van der Waals surface area contributed by atoms with E-state index in [0.717, 1.165) is 12.8 Å². The van der Waals surface area contributed by atoms with Crippen molar-refractivity contribution in [2.24, 2.45) is 0 Å². The van der Waals surface area contributed by atoms with E-state index in [-0.39, 0.29) is 0 Å². The molecule has 6 rings (SSSR count). The number of allylic oxidation sites excluding steroid dienone is 16. The van der Waals surface area contributed by atoms with Gasteiger partial charge >= 0.3 is 0 Å². The quantitative estimate of drug-likeness (QED) is 0.330. The summed E-state index contributed by atoms with van der Waals surface area (Å²) in [5, 5.41) is 0. The molecule has 4 unspecified atom stereocenters. The molecule has 1 heteroatoms. The lowest BCUT2D eigenvalue weighted by Gasteiger charge is -2.41. The minimum atomic E-state index is -1.94. The fourth-order valence-electron chi connectivity index (χ4n) is 7.70. The van der Waals surface area contributed by atoms with Gasteiger partial charge in [0.1, 0.15) is 0 Å². The molecule has 0 saturated heterocycles. The maximum Gasteiger partial charge on any atom is 0.0722 e. The highest BCUT2D eigenvalue weighted by Crippen LogP contribution is 2.59. The summed E-state index contributed by atoms with van der Waals surface area (Å²) in [5.41, 5.74) is 13.3. The van der Waals surface area contributed by atoms with E-state index in [0.29, 0.717) is 22.9 Å². The van der Waals surface area contributed by atoms with Crippen LogP contribution in [0.1, 0.15) is 49.7 Å². The van der Waals surface area contributed by atoms with Gasteiger partial charge in [0, 0.05) is 22.9 Å². The summed E-state index contributed by atoms with van der Waals surface area (Å²) >= 11 is 0. The van der Waals surface area contributed by atoms with Gasteiger partial charge in [0.05, 0.1) is 8.07 Å². The number of hydrogen-bond acceptors (Lipinski definition) is 0. The Morgan fingerprint density at radius 1 is 0.538 bits per heavy atom. The highest BCUT2D eigenvalue weighted by molar-refractivity contribution is 6.83. The van der Waals surface area contributed by atoms with E-state index in [2.05, 4.69) is 148 Å². The molecule has 0 heterocycles. The Labute approximate surface area is 236 Å². The molecule has 0 saturated carbocycles. The van der Waals surface area contributed by atoms with Crippen molar-refractivity contribution in [3.63, 3.8) is 0 Å². The average molecular weight is 525 g/mol. The summed E-state index contributed by atoms with van der Waals surface area (Å²) in [4.78, 5) is 0. The molecule has 0 radical (unpaired) electrons. The van der Waals surface area contributed by atoms with Gasteiger partial charge in [-0.25, -0.2) is 0 Å². The lowest BCUT2D eigenvalue weighted by molar-refractivity contribution is 0.924. The van der Waals surface area contributed by atoms with Gasteiger partial charge in [0.25, 0.3) is 0 Å². The van der Waals surface area contributed by atoms with Crippen LogP contribution in [0.15, 0.2) is 155 Å². The van der Waals surface area contributed by atoms with Crippen LogP contribution in [0.25, 0.3) is 0 Å². The molecule has 39 heavy (non-hydrogen) atoms. The Morgan fingerprint density at radius 2 is 0.949 bits per heavy atom. The molecule has 2 aromatic carbocycles. The van der Waals surface area contributed by atoms with E-state index in [1.54, 1.807) is 22.3 Å². The van der Waals surface area contributed by atoms with Crippen molar-refractivity contribution in [1.29, 1.82) is 0 Å². The van der Waals surface area contributed by atoms with Crippen LogP contribution in [0.5, 0.6) is 0 Å². The summed E-state index contributed by atoms with van der Waals surface area (Å²) in [5.74, 6) is 0.632. The van der Waals surface area contributed by atoms with Gasteiger partial charge in [0.15, 0.2) is 0 Å². The predicted molar refractivity (Wildman–Crippen MR) is 171 cm³/mol. The van der Waals surface area contributed by atoms with Crippen molar-refractivity contribution in [2.45, 2.75) is 62.7 Å². The lowest BCUT2D eigenvalue weighted by Crippen LogP contribution is -2.40. The Hall–Kier alpha value is -3.42. The fraction of sp³-hybridized carbons (Fsp3) is 0.263. The maximum atomic E-state index is 2.68. The highest BCUT2D eigenvalue weighted by atomic mass is 28.3. The summed E-state index contributed by atoms with van der Waals surface area (Å²) in [6.07, 6.45) is 26.2. The summed E-state index contributed by atoms with van der Waals surface area (Å²) in [6, 6.07) is 22.1. The first-order chi connectivity index (χ1) is 19.0. The summed E-state index contributed by atoms with van der Waals surface area (Å²) in [6.45, 7) is 10.1. The van der Waals surface area contributed by atoms with Crippen LogP contribution in [-0.4, -0.2) is 8.07 Å². The molecule has 0 nitrogen and oxygen atoms in total. The molecule has 196 valence electrons. The highest BCUT2D eigenvalue weighted by Gasteiger charge is 2.49. The standard InChI is InChI=1S/C38H40Si/c1-5-27-25-35-31(29-17-9-7-10-18-29)21-13-15-23-33(35)37(27)39(3,4)38-28(6-2)26-36-32(22-14-16-24-34(36)38)30-19-11-8-12-20-30/h7-26,31-32,37-38H,5-6H2,1-4H3. The minimum absolute atomic E-state index is 0.316. The predicted octanol–water partition coefficient (Wildman–Crippen LogP) is 10.5. The largest absolute Gasteiger partial charge is 0.0726 e. The second-order valence-corrected chi connectivity index (χ2v) is 16.7. The summed E-state index contributed by atoms with van der Waals surface area (Å²) < 4.78 is 0.